The van der Waals surface area contributed by atoms with Crippen LogP contribution in [-0.2, 0) is 4.79 Å². The Hall–Kier alpha value is -1.98. The Morgan fingerprint density at radius 1 is 1.11 bits per heavy atom. The lowest BCUT2D eigenvalue weighted by Crippen LogP contribution is -2.43. The number of likely N-dealkylation sites (tertiary alicyclic amines) is 2. The fourth-order valence-corrected chi connectivity index (χ4v) is 4.21. The van der Waals surface area contributed by atoms with E-state index in [0.29, 0.717) is 17.5 Å². The zero-order valence-electron chi connectivity index (χ0n) is 15.5. The molecule has 0 spiro atoms. The Bertz CT molecular complexity index is 798. The van der Waals surface area contributed by atoms with E-state index < -0.39 is 0 Å². The summed E-state index contributed by atoms with van der Waals surface area (Å²) in [7, 11) is 0. The second-order valence-electron chi connectivity index (χ2n) is 7.48. The summed E-state index contributed by atoms with van der Waals surface area (Å²) in [6.45, 7) is 4.32. The minimum atomic E-state index is 0.272. The van der Waals surface area contributed by atoms with Crippen molar-refractivity contribution in [2.45, 2.75) is 31.6 Å². The van der Waals surface area contributed by atoms with Crippen molar-refractivity contribution in [3.63, 3.8) is 0 Å². The van der Waals surface area contributed by atoms with Crippen LogP contribution in [0.15, 0.2) is 36.7 Å². The molecule has 2 saturated heterocycles. The number of hydrogen-bond acceptors (Lipinski definition) is 4. The van der Waals surface area contributed by atoms with Crippen LogP contribution in [-0.4, -0.2) is 58.4 Å². The standard InChI is InChI=1S/C21H25ClN4O/c22-18-5-3-4-17(12-18)20-14-23-13-19(24-20)16-6-10-26(11-7-16)21(27)15-25-8-1-2-9-25/h3-5,12-14,16H,1-2,6-11,15H2. The van der Waals surface area contributed by atoms with Gasteiger partial charge in [-0.3, -0.25) is 14.7 Å². The number of rotatable bonds is 4. The normalized spacial score (nSPS) is 18.8. The van der Waals surface area contributed by atoms with E-state index in [1.807, 2.05) is 35.4 Å². The molecule has 1 amide bonds. The largest absolute Gasteiger partial charge is 0.342 e. The van der Waals surface area contributed by atoms with Crippen LogP contribution in [0.4, 0.5) is 0 Å². The number of carbonyl (C=O) groups excluding carboxylic acids is 1. The van der Waals surface area contributed by atoms with E-state index in [2.05, 4.69) is 9.88 Å². The highest BCUT2D eigenvalue weighted by atomic mass is 35.5. The minimum Gasteiger partial charge on any atom is -0.342 e. The maximum Gasteiger partial charge on any atom is 0.236 e. The van der Waals surface area contributed by atoms with Crippen molar-refractivity contribution in [3.8, 4) is 11.3 Å². The molecule has 1 aromatic heterocycles. The van der Waals surface area contributed by atoms with Gasteiger partial charge in [0.2, 0.25) is 5.91 Å². The average molecular weight is 385 g/mol. The first-order chi connectivity index (χ1) is 13.2. The molecule has 27 heavy (non-hydrogen) atoms. The maximum absolute atomic E-state index is 12.5. The molecule has 6 heteroatoms. The van der Waals surface area contributed by atoms with Crippen LogP contribution in [0, 0.1) is 0 Å². The van der Waals surface area contributed by atoms with Crippen molar-refractivity contribution in [3.05, 3.63) is 47.4 Å². The van der Waals surface area contributed by atoms with Crippen LogP contribution in [0.25, 0.3) is 11.3 Å². The third-order valence-electron chi connectivity index (χ3n) is 5.60. The number of amides is 1. The second-order valence-corrected chi connectivity index (χ2v) is 7.91. The molecule has 3 heterocycles. The fourth-order valence-electron chi connectivity index (χ4n) is 4.02. The van der Waals surface area contributed by atoms with Crippen LogP contribution in [0.2, 0.25) is 5.02 Å². The maximum atomic E-state index is 12.5. The Morgan fingerprint density at radius 3 is 2.63 bits per heavy atom. The molecule has 2 fully saturated rings. The van der Waals surface area contributed by atoms with Crippen LogP contribution in [0.5, 0.6) is 0 Å². The van der Waals surface area contributed by atoms with Crippen LogP contribution < -0.4 is 0 Å². The highest BCUT2D eigenvalue weighted by Gasteiger charge is 2.26. The quantitative estimate of drug-likeness (QED) is 0.808. The summed E-state index contributed by atoms with van der Waals surface area (Å²) in [4.78, 5) is 26.0. The van der Waals surface area contributed by atoms with Gasteiger partial charge in [-0.15, -0.1) is 0 Å². The predicted molar refractivity (Wildman–Crippen MR) is 107 cm³/mol. The molecule has 142 valence electrons. The SMILES string of the molecule is O=C(CN1CCCC1)N1CCC(c2cncc(-c3cccc(Cl)c3)n2)CC1. The van der Waals surface area contributed by atoms with E-state index >= 15 is 0 Å². The van der Waals surface area contributed by atoms with Gasteiger partial charge in [-0.2, -0.15) is 0 Å². The van der Waals surface area contributed by atoms with Crippen LogP contribution >= 0.6 is 11.6 Å². The molecule has 0 atom stereocenters. The van der Waals surface area contributed by atoms with Gasteiger partial charge in [0, 0.05) is 35.8 Å². The van der Waals surface area contributed by atoms with E-state index in [1.54, 1.807) is 6.20 Å². The van der Waals surface area contributed by atoms with Gasteiger partial charge in [-0.25, -0.2) is 4.98 Å². The number of halogens is 1. The van der Waals surface area contributed by atoms with Crippen molar-refractivity contribution in [1.29, 1.82) is 0 Å². The van der Waals surface area contributed by atoms with Gasteiger partial charge in [0.25, 0.3) is 0 Å². The second kappa shape index (κ2) is 8.36. The molecule has 2 aliphatic heterocycles. The molecule has 0 saturated carbocycles. The molecule has 4 rings (SSSR count). The molecule has 0 radical (unpaired) electrons. The molecule has 5 nitrogen and oxygen atoms in total. The fraction of sp³-hybridized carbons (Fsp3) is 0.476. The number of piperidine rings is 1. The van der Waals surface area contributed by atoms with Crippen molar-refractivity contribution in [2.24, 2.45) is 0 Å². The number of aromatic nitrogens is 2. The molecule has 2 aromatic rings. The lowest BCUT2D eigenvalue weighted by Gasteiger charge is -2.32. The van der Waals surface area contributed by atoms with Crippen LogP contribution in [0.1, 0.15) is 37.3 Å². The average Bonchev–Trinajstić information content (AvgIpc) is 3.21. The third kappa shape index (κ3) is 4.47. The van der Waals surface area contributed by atoms with Gasteiger partial charge in [0.05, 0.1) is 24.1 Å². The molecule has 0 N–H and O–H groups in total. The topological polar surface area (TPSA) is 49.3 Å². The highest BCUT2D eigenvalue weighted by molar-refractivity contribution is 6.30. The highest BCUT2D eigenvalue weighted by Crippen LogP contribution is 2.28. The van der Waals surface area contributed by atoms with E-state index in [1.165, 1.54) is 12.8 Å². The predicted octanol–water partition coefficient (Wildman–Crippen LogP) is 3.60. The van der Waals surface area contributed by atoms with Crippen molar-refractivity contribution < 1.29 is 4.79 Å². The number of hydrogen-bond donors (Lipinski definition) is 0. The lowest BCUT2D eigenvalue weighted by atomic mass is 9.93. The van der Waals surface area contributed by atoms with E-state index in [4.69, 9.17) is 16.6 Å². The first-order valence-corrected chi connectivity index (χ1v) is 10.1. The summed E-state index contributed by atoms with van der Waals surface area (Å²) >= 11 is 6.10. The number of carbonyl (C=O) groups is 1. The monoisotopic (exact) mass is 384 g/mol. The molecule has 0 bridgehead atoms. The Kier molecular flexibility index (Phi) is 5.69. The molecule has 0 aliphatic carbocycles. The van der Waals surface area contributed by atoms with E-state index in [0.717, 1.165) is 56.0 Å². The Balaban J connectivity index is 1.38. The molecular weight excluding hydrogens is 360 g/mol. The zero-order chi connectivity index (χ0) is 18.6. The summed E-state index contributed by atoms with van der Waals surface area (Å²) < 4.78 is 0. The minimum absolute atomic E-state index is 0.272. The van der Waals surface area contributed by atoms with Gasteiger partial charge in [-0.05, 0) is 50.9 Å². The van der Waals surface area contributed by atoms with Gasteiger partial charge in [0.15, 0.2) is 0 Å². The summed E-state index contributed by atoms with van der Waals surface area (Å²) in [5.41, 5.74) is 2.84. The third-order valence-corrected chi connectivity index (χ3v) is 5.83. The van der Waals surface area contributed by atoms with Gasteiger partial charge in [-0.1, -0.05) is 23.7 Å². The lowest BCUT2D eigenvalue weighted by molar-refractivity contribution is -0.133. The Labute approximate surface area is 165 Å². The van der Waals surface area contributed by atoms with Gasteiger partial charge in [0.1, 0.15) is 0 Å². The van der Waals surface area contributed by atoms with E-state index in [9.17, 15) is 4.79 Å². The van der Waals surface area contributed by atoms with Gasteiger partial charge < -0.3 is 4.90 Å². The van der Waals surface area contributed by atoms with Crippen molar-refractivity contribution in [1.82, 2.24) is 19.8 Å². The summed E-state index contributed by atoms with van der Waals surface area (Å²) in [6, 6.07) is 7.70. The molecule has 0 unspecified atom stereocenters. The first kappa shape index (κ1) is 18.4. The molecular formula is C21H25ClN4O. The summed E-state index contributed by atoms with van der Waals surface area (Å²) in [5.74, 6) is 0.626. The van der Waals surface area contributed by atoms with Crippen molar-refractivity contribution in [2.75, 3.05) is 32.7 Å². The number of nitrogens with zero attached hydrogens (tertiary/aromatic N) is 4. The smallest absolute Gasteiger partial charge is 0.236 e. The van der Waals surface area contributed by atoms with Crippen molar-refractivity contribution >= 4 is 17.5 Å². The number of benzene rings is 1. The van der Waals surface area contributed by atoms with Gasteiger partial charge >= 0.3 is 0 Å². The zero-order valence-corrected chi connectivity index (χ0v) is 16.2. The van der Waals surface area contributed by atoms with E-state index in [-0.39, 0.29) is 5.91 Å². The van der Waals surface area contributed by atoms with Crippen LogP contribution in [0.3, 0.4) is 0 Å². The summed E-state index contributed by atoms with van der Waals surface area (Å²) in [6.07, 6.45) is 7.97. The molecule has 1 aromatic carbocycles. The Morgan fingerprint density at radius 2 is 1.89 bits per heavy atom. The first-order valence-electron chi connectivity index (χ1n) is 9.77. The molecule has 2 aliphatic rings. The summed E-state index contributed by atoms with van der Waals surface area (Å²) in [5, 5.41) is 0.699.